The van der Waals surface area contributed by atoms with Gasteiger partial charge in [-0.25, -0.2) is 4.79 Å². The number of phenols is 1. The summed E-state index contributed by atoms with van der Waals surface area (Å²) in [5.74, 6) is 0.291. The molecular formula is C20H27BrNO3-. The van der Waals surface area contributed by atoms with Crippen LogP contribution in [0.2, 0.25) is 0 Å². The third kappa shape index (κ3) is 3.93. The van der Waals surface area contributed by atoms with Crippen LogP contribution in [0.15, 0.2) is 21.3 Å². The Hall–Kier alpha value is -1.33. The molecule has 1 saturated heterocycles. The standard InChI is InChI=1S/C20H27NO3.BrH/c1-4-14-11-16-13(3)10-18(22)24-20(16)17(19(14)23)12-21-9-7-6-8-15(21)5-2;/h10-11,15,23H,4-9,12H2,1-3H3;1H/p-1. The van der Waals surface area contributed by atoms with E-state index < -0.39 is 0 Å². The van der Waals surface area contributed by atoms with Gasteiger partial charge in [-0.15, -0.1) is 0 Å². The summed E-state index contributed by atoms with van der Waals surface area (Å²) in [4.78, 5) is 14.3. The van der Waals surface area contributed by atoms with Gasteiger partial charge in [0.2, 0.25) is 0 Å². The number of halogens is 1. The Labute approximate surface area is 159 Å². The molecule has 1 aromatic heterocycles. The molecule has 138 valence electrons. The maximum atomic E-state index is 11.9. The molecule has 1 N–H and O–H groups in total. The molecule has 0 spiro atoms. The van der Waals surface area contributed by atoms with E-state index in [2.05, 4.69) is 11.8 Å². The zero-order valence-corrected chi connectivity index (χ0v) is 16.9. The Morgan fingerprint density at radius 1 is 1.28 bits per heavy atom. The van der Waals surface area contributed by atoms with E-state index in [1.807, 2.05) is 19.9 Å². The van der Waals surface area contributed by atoms with E-state index in [1.54, 1.807) is 0 Å². The number of hydrogen-bond acceptors (Lipinski definition) is 4. The molecule has 1 atom stereocenters. The highest BCUT2D eigenvalue weighted by Gasteiger charge is 2.24. The highest BCUT2D eigenvalue weighted by atomic mass is 79.9. The van der Waals surface area contributed by atoms with Crippen molar-refractivity contribution in [2.75, 3.05) is 6.54 Å². The number of piperidine rings is 1. The van der Waals surface area contributed by atoms with Crippen molar-refractivity contribution in [2.24, 2.45) is 0 Å². The molecular weight excluding hydrogens is 382 g/mol. The lowest BCUT2D eigenvalue weighted by molar-refractivity contribution is -0.00000668. The molecule has 1 aromatic carbocycles. The third-order valence-corrected chi connectivity index (χ3v) is 5.35. The van der Waals surface area contributed by atoms with Crippen LogP contribution in [0.1, 0.15) is 56.2 Å². The van der Waals surface area contributed by atoms with Gasteiger partial charge in [0, 0.05) is 24.0 Å². The number of fused-ring (bicyclic) bond motifs is 1. The second-order valence-corrected chi connectivity index (χ2v) is 6.87. The second kappa shape index (κ2) is 8.37. The first-order valence-electron chi connectivity index (χ1n) is 9.07. The Morgan fingerprint density at radius 2 is 2.04 bits per heavy atom. The van der Waals surface area contributed by atoms with Crippen LogP contribution in [-0.2, 0) is 13.0 Å². The van der Waals surface area contributed by atoms with Crippen molar-refractivity contribution in [1.82, 2.24) is 4.90 Å². The van der Waals surface area contributed by atoms with Crippen LogP contribution >= 0.6 is 0 Å². The van der Waals surface area contributed by atoms with E-state index in [4.69, 9.17) is 4.42 Å². The molecule has 2 aromatic rings. The molecule has 0 amide bonds. The number of likely N-dealkylation sites (tertiary alicyclic amines) is 1. The summed E-state index contributed by atoms with van der Waals surface area (Å²) in [7, 11) is 0. The summed E-state index contributed by atoms with van der Waals surface area (Å²) >= 11 is 0. The van der Waals surface area contributed by atoms with Gasteiger partial charge in [0.25, 0.3) is 0 Å². The molecule has 1 aliphatic heterocycles. The highest BCUT2D eigenvalue weighted by Crippen LogP contribution is 2.35. The topological polar surface area (TPSA) is 53.7 Å². The van der Waals surface area contributed by atoms with Gasteiger partial charge in [0.15, 0.2) is 0 Å². The van der Waals surface area contributed by atoms with Crippen LogP contribution in [0.4, 0.5) is 0 Å². The molecule has 2 heterocycles. The molecule has 1 unspecified atom stereocenters. The van der Waals surface area contributed by atoms with Crippen molar-refractivity contribution in [3.8, 4) is 5.75 Å². The van der Waals surface area contributed by atoms with Crippen LogP contribution in [0.3, 0.4) is 0 Å². The normalized spacial score (nSPS) is 18.3. The quantitative estimate of drug-likeness (QED) is 0.770. The molecule has 0 aliphatic carbocycles. The SMILES string of the molecule is CCc1cc2c(C)cc(=O)oc2c(CN2CCCCC2CC)c1O.[Br-]. The molecule has 0 bridgehead atoms. The fraction of sp³-hybridized carbons (Fsp3) is 0.550. The molecule has 0 radical (unpaired) electrons. The number of nitrogens with zero attached hydrogens (tertiary/aromatic N) is 1. The van der Waals surface area contributed by atoms with Crippen molar-refractivity contribution in [3.63, 3.8) is 0 Å². The van der Waals surface area contributed by atoms with Gasteiger partial charge < -0.3 is 26.5 Å². The lowest BCUT2D eigenvalue weighted by atomic mass is 9.96. The molecule has 5 heteroatoms. The largest absolute Gasteiger partial charge is 1.00 e. The van der Waals surface area contributed by atoms with E-state index in [9.17, 15) is 9.90 Å². The van der Waals surface area contributed by atoms with Gasteiger partial charge in [-0.1, -0.05) is 20.3 Å². The molecule has 25 heavy (non-hydrogen) atoms. The van der Waals surface area contributed by atoms with E-state index in [1.165, 1.54) is 25.3 Å². The summed E-state index contributed by atoms with van der Waals surface area (Å²) in [6.07, 6.45) is 5.52. The van der Waals surface area contributed by atoms with E-state index in [-0.39, 0.29) is 22.6 Å². The second-order valence-electron chi connectivity index (χ2n) is 6.87. The van der Waals surface area contributed by atoms with Crippen molar-refractivity contribution in [3.05, 3.63) is 39.2 Å². The third-order valence-electron chi connectivity index (χ3n) is 5.35. The van der Waals surface area contributed by atoms with Crippen LogP contribution in [-0.4, -0.2) is 22.6 Å². The average Bonchev–Trinajstić information content (AvgIpc) is 2.57. The molecule has 1 aliphatic rings. The number of phenolic OH excluding ortho intramolecular Hbond substituents is 1. The summed E-state index contributed by atoms with van der Waals surface area (Å²) in [5.41, 5.74) is 2.79. The monoisotopic (exact) mass is 408 g/mol. The van der Waals surface area contributed by atoms with Crippen LogP contribution in [0.25, 0.3) is 11.0 Å². The predicted molar refractivity (Wildman–Crippen MR) is 96.6 cm³/mol. The minimum atomic E-state index is -0.351. The number of benzene rings is 1. The first-order chi connectivity index (χ1) is 11.5. The first kappa shape index (κ1) is 20.0. The fourth-order valence-electron chi connectivity index (χ4n) is 3.92. The molecule has 4 nitrogen and oxygen atoms in total. The van der Waals surface area contributed by atoms with Gasteiger partial charge in [-0.05, 0) is 56.3 Å². The van der Waals surface area contributed by atoms with Crippen molar-refractivity contribution >= 4 is 11.0 Å². The maximum absolute atomic E-state index is 11.9. The molecule has 1 fully saturated rings. The lowest BCUT2D eigenvalue weighted by Crippen LogP contribution is -3.00. The Bertz CT molecular complexity index is 800. The van der Waals surface area contributed by atoms with E-state index in [0.717, 1.165) is 41.5 Å². The van der Waals surface area contributed by atoms with Gasteiger partial charge in [-0.3, -0.25) is 4.90 Å². The lowest BCUT2D eigenvalue weighted by Gasteiger charge is -2.35. The number of hydrogen-bond donors (Lipinski definition) is 1. The fourth-order valence-corrected chi connectivity index (χ4v) is 3.92. The van der Waals surface area contributed by atoms with Crippen LogP contribution in [0, 0.1) is 6.92 Å². The minimum absolute atomic E-state index is 0. The number of aromatic hydroxyl groups is 1. The summed E-state index contributed by atoms with van der Waals surface area (Å²) in [5, 5.41) is 11.7. The molecule has 0 saturated carbocycles. The molecule has 3 rings (SSSR count). The zero-order valence-electron chi connectivity index (χ0n) is 15.3. The van der Waals surface area contributed by atoms with Gasteiger partial charge in [0.05, 0.1) is 5.56 Å². The number of rotatable bonds is 4. The smallest absolute Gasteiger partial charge is 0.336 e. The first-order valence-corrected chi connectivity index (χ1v) is 9.07. The summed E-state index contributed by atoms with van der Waals surface area (Å²) < 4.78 is 5.52. The van der Waals surface area contributed by atoms with E-state index in [0.29, 0.717) is 23.9 Å². The Morgan fingerprint density at radius 3 is 2.72 bits per heavy atom. The summed E-state index contributed by atoms with van der Waals surface area (Å²) in [6.45, 7) is 7.85. The van der Waals surface area contributed by atoms with E-state index >= 15 is 0 Å². The van der Waals surface area contributed by atoms with Gasteiger partial charge in [0.1, 0.15) is 11.3 Å². The Balaban J connectivity index is 0.00000225. The maximum Gasteiger partial charge on any atom is 0.336 e. The average molecular weight is 409 g/mol. The van der Waals surface area contributed by atoms with Crippen LogP contribution < -0.4 is 22.6 Å². The van der Waals surface area contributed by atoms with Crippen molar-refractivity contribution < 1.29 is 26.5 Å². The minimum Gasteiger partial charge on any atom is -1.00 e. The van der Waals surface area contributed by atoms with Gasteiger partial charge in [-0.2, -0.15) is 0 Å². The Kier molecular flexibility index (Phi) is 6.69. The predicted octanol–water partition coefficient (Wildman–Crippen LogP) is 1.14. The van der Waals surface area contributed by atoms with Crippen LogP contribution in [0.5, 0.6) is 5.75 Å². The zero-order chi connectivity index (χ0) is 17.3. The van der Waals surface area contributed by atoms with Gasteiger partial charge >= 0.3 is 5.63 Å². The van der Waals surface area contributed by atoms with Crippen molar-refractivity contribution in [1.29, 1.82) is 0 Å². The summed E-state index contributed by atoms with van der Waals surface area (Å²) in [6, 6.07) is 4.02. The highest BCUT2D eigenvalue weighted by molar-refractivity contribution is 5.86. The van der Waals surface area contributed by atoms with Crippen molar-refractivity contribution in [2.45, 2.75) is 65.5 Å². The number of aryl methyl sites for hydroxylation is 2.